The van der Waals surface area contributed by atoms with Gasteiger partial charge in [0.2, 0.25) is 6.23 Å². The molecular weight excluding hydrogens is 456 g/mol. The molecule has 12 heteroatoms. The number of nitrogens with one attached hydrogen (secondary N) is 1. The minimum Gasteiger partial charge on any atom is -0.387 e. The molecule has 0 aromatic heterocycles. The number of carbonyl (C=O) groups is 1. The Kier molecular flexibility index (Phi) is 9.41. The number of amides is 2. The van der Waals surface area contributed by atoms with Gasteiger partial charge in [-0.15, -0.1) is 0 Å². The molecule has 2 fully saturated rings. The Morgan fingerprint density at radius 2 is 1.97 bits per heavy atom. The van der Waals surface area contributed by atoms with E-state index in [1.807, 2.05) is 11.0 Å². The lowest BCUT2D eigenvalue weighted by Crippen LogP contribution is -2.56. The molecule has 8 nitrogen and oxygen atoms in total. The Balaban J connectivity index is 1.63. The van der Waals surface area contributed by atoms with E-state index in [0.29, 0.717) is 45.4 Å². The Hall–Kier alpha value is -1.63. The van der Waals surface area contributed by atoms with Crippen LogP contribution in [-0.2, 0) is 4.74 Å². The topological polar surface area (TPSA) is 100 Å². The molecule has 0 radical (unpaired) electrons. The van der Waals surface area contributed by atoms with E-state index >= 15 is 0 Å². The predicted molar refractivity (Wildman–Crippen MR) is 120 cm³/mol. The Labute approximate surface area is 198 Å². The number of likely N-dealkylation sites (N-methyl/N-ethyl adjacent to an activating group) is 1. The fourth-order valence-corrected chi connectivity index (χ4v) is 4.80. The van der Waals surface area contributed by atoms with Crippen LogP contribution >= 0.6 is 0 Å². The number of urea groups is 1. The van der Waals surface area contributed by atoms with Gasteiger partial charge in [0.15, 0.2) is 0 Å². The molecule has 196 valence electrons. The number of ether oxygens (including phenoxy) is 1. The summed E-state index contributed by atoms with van der Waals surface area (Å²) in [5.74, 6) is -0.395. The second kappa shape index (κ2) is 11.9. The second-order valence-electron chi connectivity index (χ2n) is 9.42. The van der Waals surface area contributed by atoms with Crippen molar-refractivity contribution in [2.75, 3.05) is 45.8 Å². The van der Waals surface area contributed by atoms with Crippen molar-refractivity contribution in [3.05, 3.63) is 11.8 Å². The summed E-state index contributed by atoms with van der Waals surface area (Å²) in [6.07, 6.45) is -4.66. The average molecular weight is 495 g/mol. The number of hydrogen-bond acceptors (Lipinski definition) is 6. The van der Waals surface area contributed by atoms with Gasteiger partial charge in [0.25, 0.3) is 0 Å². The quantitative estimate of drug-likeness (QED) is 0.370. The molecule has 1 saturated heterocycles. The van der Waals surface area contributed by atoms with E-state index in [1.165, 1.54) is 0 Å². The number of alkyl halides is 4. The molecule has 34 heavy (non-hydrogen) atoms. The normalized spacial score (nSPS) is 28.6. The van der Waals surface area contributed by atoms with Crippen molar-refractivity contribution in [2.45, 2.75) is 69.9 Å². The van der Waals surface area contributed by atoms with E-state index in [-0.39, 0.29) is 12.1 Å². The van der Waals surface area contributed by atoms with Gasteiger partial charge in [0.05, 0.1) is 6.54 Å². The highest BCUT2D eigenvalue weighted by Gasteiger charge is 2.40. The van der Waals surface area contributed by atoms with E-state index in [0.717, 1.165) is 38.2 Å². The fraction of sp³-hybridized carbons (Fsp3) is 0.864. The molecule has 0 aromatic carbocycles. The number of hydrogen-bond donors (Lipinski definition) is 3. The summed E-state index contributed by atoms with van der Waals surface area (Å²) in [6, 6.07) is -0.271. The summed E-state index contributed by atoms with van der Waals surface area (Å²) in [7, 11) is 0. The summed E-state index contributed by atoms with van der Waals surface area (Å²) in [6.45, 7) is 6.52. The van der Waals surface area contributed by atoms with Gasteiger partial charge in [-0.3, -0.25) is 5.73 Å². The molecule has 0 spiro atoms. The molecule has 0 aromatic rings. The first-order valence-electron chi connectivity index (χ1n) is 12.2. The van der Waals surface area contributed by atoms with E-state index in [2.05, 4.69) is 17.1 Å². The molecule has 3 rings (SSSR count). The Morgan fingerprint density at radius 3 is 2.53 bits per heavy atom. The van der Waals surface area contributed by atoms with Crippen molar-refractivity contribution in [1.82, 2.24) is 20.0 Å². The van der Waals surface area contributed by atoms with Gasteiger partial charge in [0, 0.05) is 50.4 Å². The van der Waals surface area contributed by atoms with Crippen LogP contribution in [-0.4, -0.2) is 97.4 Å². The summed E-state index contributed by atoms with van der Waals surface area (Å²) in [4.78, 5) is 19.3. The van der Waals surface area contributed by atoms with Crippen molar-refractivity contribution >= 4 is 6.03 Å². The van der Waals surface area contributed by atoms with Gasteiger partial charge in [-0.1, -0.05) is 13.0 Å². The van der Waals surface area contributed by atoms with E-state index in [1.54, 1.807) is 4.90 Å². The number of nitrogens with zero attached hydrogens (tertiary/aromatic N) is 3. The van der Waals surface area contributed by atoms with Crippen LogP contribution in [0.2, 0.25) is 0 Å². The van der Waals surface area contributed by atoms with Gasteiger partial charge in [-0.2, -0.15) is 13.2 Å². The van der Waals surface area contributed by atoms with Crippen molar-refractivity contribution in [3.63, 3.8) is 0 Å². The van der Waals surface area contributed by atoms with Gasteiger partial charge < -0.3 is 30.5 Å². The highest BCUT2D eigenvalue weighted by Crippen LogP contribution is 2.28. The lowest BCUT2D eigenvalue weighted by atomic mass is 9.92. The first kappa shape index (κ1) is 27.0. The third kappa shape index (κ3) is 7.19. The van der Waals surface area contributed by atoms with Crippen molar-refractivity contribution in [2.24, 2.45) is 17.4 Å². The van der Waals surface area contributed by atoms with E-state index in [9.17, 15) is 22.4 Å². The first-order valence-corrected chi connectivity index (χ1v) is 12.2. The van der Waals surface area contributed by atoms with Crippen LogP contribution in [0.3, 0.4) is 0 Å². The maximum atomic E-state index is 14.2. The van der Waals surface area contributed by atoms with E-state index < -0.39 is 30.7 Å². The third-order valence-electron chi connectivity index (χ3n) is 7.05. The summed E-state index contributed by atoms with van der Waals surface area (Å²) >= 11 is 0. The summed E-state index contributed by atoms with van der Waals surface area (Å²) in [5.41, 5.74) is 11.6. The largest absolute Gasteiger partial charge is 0.428 e. The molecule has 2 amide bonds. The van der Waals surface area contributed by atoms with Crippen LogP contribution in [0.4, 0.5) is 22.4 Å². The highest BCUT2D eigenvalue weighted by molar-refractivity contribution is 5.75. The molecule has 5 N–H and O–H groups in total. The lowest BCUT2D eigenvalue weighted by molar-refractivity contribution is -0.235. The zero-order valence-electron chi connectivity index (χ0n) is 19.8. The Bertz CT molecular complexity index is 701. The van der Waals surface area contributed by atoms with Crippen LogP contribution in [0.25, 0.3) is 0 Å². The SMILES string of the molecule is CCN1CCN(C(=O)N(CC2=CCC(C(N)OC(N)C(F)(F)F)CN2)C2CCCC(F)C2)CC1. The smallest absolute Gasteiger partial charge is 0.387 e. The first-order chi connectivity index (χ1) is 16.1. The molecular formula is C22H38F4N6O2. The number of halogens is 4. The standard InChI is InChI=1S/C22H38F4N6O2/c1-2-30-8-10-31(11-9-30)21(33)32(18-5-3-4-16(23)12-18)14-17-7-6-15(13-29-17)19(27)34-20(28)22(24,25)26/h7,15-16,18-20,29H,2-6,8-14,27-28H2,1H3. The maximum absolute atomic E-state index is 14.2. The zero-order valence-corrected chi connectivity index (χ0v) is 19.8. The van der Waals surface area contributed by atoms with Crippen molar-refractivity contribution < 1.29 is 27.1 Å². The number of nitrogens with two attached hydrogens (primary N) is 2. The molecule has 1 aliphatic carbocycles. The number of piperazine rings is 1. The second-order valence-corrected chi connectivity index (χ2v) is 9.42. The lowest BCUT2D eigenvalue weighted by Gasteiger charge is -2.42. The minimum absolute atomic E-state index is 0.0872. The Morgan fingerprint density at radius 1 is 1.26 bits per heavy atom. The van der Waals surface area contributed by atoms with Crippen LogP contribution < -0.4 is 16.8 Å². The van der Waals surface area contributed by atoms with Gasteiger partial charge in [-0.05, 0) is 38.6 Å². The predicted octanol–water partition coefficient (Wildman–Crippen LogP) is 1.97. The molecule has 1 saturated carbocycles. The molecule has 0 bridgehead atoms. The molecule has 2 aliphatic heterocycles. The van der Waals surface area contributed by atoms with Crippen LogP contribution in [0.5, 0.6) is 0 Å². The number of allylic oxidation sites excluding steroid dienone is 1. The monoisotopic (exact) mass is 494 g/mol. The summed E-state index contributed by atoms with van der Waals surface area (Å²) in [5, 5.41) is 3.18. The molecule has 2 heterocycles. The summed E-state index contributed by atoms with van der Waals surface area (Å²) < 4.78 is 56.9. The van der Waals surface area contributed by atoms with Crippen LogP contribution in [0.15, 0.2) is 11.8 Å². The minimum atomic E-state index is -4.68. The van der Waals surface area contributed by atoms with Crippen molar-refractivity contribution in [1.29, 1.82) is 0 Å². The average Bonchev–Trinajstić information content (AvgIpc) is 2.82. The molecule has 5 atom stereocenters. The van der Waals surface area contributed by atoms with Crippen LogP contribution in [0.1, 0.15) is 39.0 Å². The fourth-order valence-electron chi connectivity index (χ4n) is 4.80. The van der Waals surface area contributed by atoms with Gasteiger partial charge in [0.1, 0.15) is 12.4 Å². The maximum Gasteiger partial charge on any atom is 0.428 e. The van der Waals surface area contributed by atoms with Gasteiger partial charge in [-0.25, -0.2) is 9.18 Å². The molecule has 5 unspecified atom stereocenters. The van der Waals surface area contributed by atoms with E-state index in [4.69, 9.17) is 16.2 Å². The number of rotatable bonds is 7. The molecule has 3 aliphatic rings. The zero-order chi connectivity index (χ0) is 24.9. The van der Waals surface area contributed by atoms with Gasteiger partial charge >= 0.3 is 12.2 Å². The highest BCUT2D eigenvalue weighted by atomic mass is 19.4. The van der Waals surface area contributed by atoms with Crippen molar-refractivity contribution in [3.8, 4) is 0 Å². The van der Waals surface area contributed by atoms with Crippen LogP contribution in [0, 0.1) is 5.92 Å². The number of carbonyl (C=O) groups excluding carboxylic acids is 1. The third-order valence-corrected chi connectivity index (χ3v) is 7.05.